The molecular formula is C17H21N5O4. The average molecular weight is 359 g/mol. The van der Waals surface area contributed by atoms with Crippen LogP contribution in [0.15, 0.2) is 30.6 Å². The Kier molecular flexibility index (Phi) is 6.42. The summed E-state index contributed by atoms with van der Waals surface area (Å²) in [4.78, 5) is 39.4. The van der Waals surface area contributed by atoms with Crippen molar-refractivity contribution in [3.63, 3.8) is 0 Å². The van der Waals surface area contributed by atoms with E-state index in [1.54, 1.807) is 31.3 Å². The minimum absolute atomic E-state index is 0.215. The first-order valence-electron chi connectivity index (χ1n) is 8.09. The van der Waals surface area contributed by atoms with Gasteiger partial charge in [-0.05, 0) is 25.0 Å². The van der Waals surface area contributed by atoms with E-state index in [9.17, 15) is 14.4 Å². The molecule has 0 fully saturated rings. The monoisotopic (exact) mass is 359 g/mol. The fourth-order valence-corrected chi connectivity index (χ4v) is 2.03. The Morgan fingerprint density at radius 2 is 2.04 bits per heavy atom. The predicted molar refractivity (Wildman–Crippen MR) is 92.8 cm³/mol. The highest BCUT2D eigenvalue weighted by Crippen LogP contribution is 2.13. The molecule has 26 heavy (non-hydrogen) atoms. The summed E-state index contributed by atoms with van der Waals surface area (Å²) in [5.74, 6) is -0.604. The fraction of sp³-hybridized carbons (Fsp3) is 0.353. The normalized spacial score (nSPS) is 10.5. The van der Waals surface area contributed by atoms with Gasteiger partial charge in [0.25, 0.3) is 5.91 Å². The van der Waals surface area contributed by atoms with Gasteiger partial charge in [-0.3, -0.25) is 10.1 Å². The number of amides is 3. The van der Waals surface area contributed by atoms with Crippen LogP contribution in [0.4, 0.5) is 4.79 Å². The van der Waals surface area contributed by atoms with Crippen LogP contribution < -0.4 is 10.6 Å². The van der Waals surface area contributed by atoms with Crippen molar-refractivity contribution in [2.75, 3.05) is 13.2 Å². The molecule has 0 bridgehead atoms. The minimum atomic E-state index is -0.714. The van der Waals surface area contributed by atoms with Gasteiger partial charge < -0.3 is 10.1 Å². The summed E-state index contributed by atoms with van der Waals surface area (Å²) in [7, 11) is 0. The molecule has 0 radical (unpaired) electrons. The topological polar surface area (TPSA) is 115 Å². The van der Waals surface area contributed by atoms with Gasteiger partial charge in [0.1, 0.15) is 5.56 Å². The molecule has 0 atom stereocenters. The summed E-state index contributed by atoms with van der Waals surface area (Å²) in [6.07, 6.45) is 2.96. The van der Waals surface area contributed by atoms with E-state index >= 15 is 0 Å². The van der Waals surface area contributed by atoms with Crippen molar-refractivity contribution in [3.05, 3.63) is 41.9 Å². The van der Waals surface area contributed by atoms with Crippen molar-refractivity contribution in [2.45, 2.75) is 20.8 Å². The number of urea groups is 1. The van der Waals surface area contributed by atoms with Crippen LogP contribution in [0.25, 0.3) is 5.82 Å². The standard InChI is InChI=1S/C17H21N5O4/c1-11(2)8-19-17(25)21-15(23)10-26-16(24)13-9-20-22(12(13)3)14-6-4-5-7-18-14/h4-7,9,11H,8,10H2,1-3H3,(H2,19,21,23,25). The van der Waals surface area contributed by atoms with Crippen molar-refractivity contribution in [3.8, 4) is 5.82 Å². The van der Waals surface area contributed by atoms with Gasteiger partial charge in [0.15, 0.2) is 12.4 Å². The number of carbonyl (C=O) groups excluding carboxylic acids is 3. The summed E-state index contributed by atoms with van der Waals surface area (Å²) >= 11 is 0. The highest BCUT2D eigenvalue weighted by atomic mass is 16.5. The second-order valence-corrected chi connectivity index (χ2v) is 5.97. The average Bonchev–Trinajstić information content (AvgIpc) is 3.00. The van der Waals surface area contributed by atoms with Gasteiger partial charge in [-0.2, -0.15) is 5.10 Å². The second kappa shape index (κ2) is 8.75. The van der Waals surface area contributed by atoms with Gasteiger partial charge in [-0.25, -0.2) is 19.3 Å². The van der Waals surface area contributed by atoms with Gasteiger partial charge in [-0.1, -0.05) is 19.9 Å². The van der Waals surface area contributed by atoms with Crippen LogP contribution in [0.3, 0.4) is 0 Å². The van der Waals surface area contributed by atoms with Crippen molar-refractivity contribution in [1.82, 2.24) is 25.4 Å². The first-order valence-corrected chi connectivity index (χ1v) is 8.09. The molecule has 3 amide bonds. The summed E-state index contributed by atoms with van der Waals surface area (Å²) in [5.41, 5.74) is 0.747. The van der Waals surface area contributed by atoms with E-state index in [1.165, 1.54) is 10.9 Å². The van der Waals surface area contributed by atoms with Gasteiger partial charge in [0, 0.05) is 12.7 Å². The predicted octanol–water partition coefficient (Wildman–Crippen LogP) is 1.21. The smallest absolute Gasteiger partial charge is 0.342 e. The van der Waals surface area contributed by atoms with Crippen LogP contribution in [0.1, 0.15) is 29.9 Å². The largest absolute Gasteiger partial charge is 0.452 e. The van der Waals surface area contributed by atoms with E-state index in [1.807, 2.05) is 13.8 Å². The highest BCUT2D eigenvalue weighted by Gasteiger charge is 2.18. The Morgan fingerprint density at radius 1 is 1.27 bits per heavy atom. The number of carbonyl (C=O) groups is 3. The Bertz CT molecular complexity index is 786. The third-order valence-electron chi connectivity index (χ3n) is 3.35. The summed E-state index contributed by atoms with van der Waals surface area (Å²) in [5, 5.41) is 8.73. The number of hydrogen-bond donors (Lipinski definition) is 2. The molecule has 0 aliphatic carbocycles. The lowest BCUT2D eigenvalue weighted by Crippen LogP contribution is -2.42. The fourth-order valence-electron chi connectivity index (χ4n) is 2.03. The zero-order chi connectivity index (χ0) is 19.1. The maximum absolute atomic E-state index is 12.1. The Labute approximate surface area is 150 Å². The molecule has 2 N–H and O–H groups in total. The van der Waals surface area contributed by atoms with E-state index in [0.717, 1.165) is 0 Å². The van der Waals surface area contributed by atoms with Crippen LogP contribution in [-0.4, -0.2) is 45.8 Å². The molecule has 0 aliphatic rings. The van der Waals surface area contributed by atoms with E-state index in [-0.39, 0.29) is 11.5 Å². The molecule has 0 aliphatic heterocycles. The number of pyridine rings is 1. The first kappa shape index (κ1) is 19.1. The van der Waals surface area contributed by atoms with Crippen molar-refractivity contribution in [1.29, 1.82) is 0 Å². The molecule has 9 nitrogen and oxygen atoms in total. The Balaban J connectivity index is 1.90. The molecule has 0 aromatic carbocycles. The zero-order valence-corrected chi connectivity index (χ0v) is 14.9. The number of imide groups is 1. The molecule has 0 spiro atoms. The molecule has 2 rings (SSSR count). The highest BCUT2D eigenvalue weighted by molar-refractivity contribution is 5.97. The maximum Gasteiger partial charge on any atom is 0.342 e. The molecule has 0 saturated heterocycles. The minimum Gasteiger partial charge on any atom is -0.452 e. The number of rotatable bonds is 6. The third-order valence-corrected chi connectivity index (χ3v) is 3.35. The van der Waals surface area contributed by atoms with Crippen LogP contribution in [-0.2, 0) is 9.53 Å². The Morgan fingerprint density at radius 3 is 2.69 bits per heavy atom. The quantitative estimate of drug-likeness (QED) is 0.749. The van der Waals surface area contributed by atoms with Gasteiger partial charge >= 0.3 is 12.0 Å². The number of ether oxygens (including phenoxy) is 1. The molecule has 2 heterocycles. The zero-order valence-electron chi connectivity index (χ0n) is 14.9. The van der Waals surface area contributed by atoms with Gasteiger partial charge in [0.05, 0.1) is 11.9 Å². The van der Waals surface area contributed by atoms with Gasteiger partial charge in [-0.15, -0.1) is 0 Å². The SMILES string of the molecule is Cc1c(C(=O)OCC(=O)NC(=O)NCC(C)C)cnn1-c1ccccn1. The van der Waals surface area contributed by atoms with Crippen LogP contribution in [0.5, 0.6) is 0 Å². The van der Waals surface area contributed by atoms with Crippen LogP contribution >= 0.6 is 0 Å². The van der Waals surface area contributed by atoms with Crippen LogP contribution in [0.2, 0.25) is 0 Å². The van der Waals surface area contributed by atoms with Gasteiger partial charge in [0.2, 0.25) is 0 Å². The second-order valence-electron chi connectivity index (χ2n) is 5.97. The van der Waals surface area contributed by atoms with Crippen LogP contribution in [0, 0.1) is 12.8 Å². The lowest BCUT2D eigenvalue weighted by atomic mass is 10.2. The molecule has 0 saturated carbocycles. The number of esters is 1. The Hall–Kier alpha value is -3.23. The lowest BCUT2D eigenvalue weighted by Gasteiger charge is -2.09. The van der Waals surface area contributed by atoms with E-state index in [0.29, 0.717) is 18.1 Å². The van der Waals surface area contributed by atoms with Crippen molar-refractivity contribution >= 4 is 17.9 Å². The third kappa shape index (κ3) is 5.13. The maximum atomic E-state index is 12.1. The molecular weight excluding hydrogens is 338 g/mol. The van der Waals surface area contributed by atoms with E-state index in [2.05, 4.69) is 20.7 Å². The summed E-state index contributed by atoms with van der Waals surface area (Å²) < 4.78 is 6.44. The number of nitrogens with zero attached hydrogens (tertiary/aromatic N) is 3. The van der Waals surface area contributed by atoms with Crippen molar-refractivity contribution in [2.24, 2.45) is 5.92 Å². The summed E-state index contributed by atoms with van der Waals surface area (Å²) in [6, 6.07) is 4.70. The number of nitrogens with one attached hydrogen (secondary N) is 2. The molecule has 9 heteroatoms. The first-order chi connectivity index (χ1) is 12.4. The number of hydrogen-bond acceptors (Lipinski definition) is 6. The molecule has 0 unspecified atom stereocenters. The summed E-state index contributed by atoms with van der Waals surface area (Å²) in [6.45, 7) is 5.42. The number of aromatic nitrogens is 3. The lowest BCUT2D eigenvalue weighted by molar-refractivity contribution is -0.123. The van der Waals surface area contributed by atoms with E-state index < -0.39 is 24.5 Å². The van der Waals surface area contributed by atoms with Crippen molar-refractivity contribution < 1.29 is 19.1 Å². The van der Waals surface area contributed by atoms with E-state index in [4.69, 9.17) is 4.74 Å². The molecule has 138 valence electrons. The molecule has 2 aromatic rings. The molecule has 2 aromatic heterocycles.